The number of hydrogen-bond donors (Lipinski definition) is 0. The molecule has 0 atom stereocenters. The Balaban J connectivity index is 1.47. The fourth-order valence-corrected chi connectivity index (χ4v) is 5.26. The Bertz CT molecular complexity index is 1000. The molecule has 2 aromatic rings. The van der Waals surface area contributed by atoms with Crippen molar-refractivity contribution in [1.29, 1.82) is 0 Å². The highest BCUT2D eigenvalue weighted by Gasteiger charge is 2.37. The third-order valence-electron chi connectivity index (χ3n) is 5.17. The van der Waals surface area contributed by atoms with Crippen LogP contribution in [0.3, 0.4) is 0 Å². The fourth-order valence-electron chi connectivity index (χ4n) is 3.52. The molecule has 4 rings (SSSR count). The highest BCUT2D eigenvalue weighted by molar-refractivity contribution is 7.89. The molecule has 148 valence electrons. The minimum absolute atomic E-state index is 0.00215. The van der Waals surface area contributed by atoms with Gasteiger partial charge < -0.3 is 4.74 Å². The van der Waals surface area contributed by atoms with Gasteiger partial charge >= 0.3 is 0 Å². The zero-order valence-corrected chi connectivity index (χ0v) is 16.2. The summed E-state index contributed by atoms with van der Waals surface area (Å²) in [7, 11) is -3.47. The number of rotatable bonds is 8. The normalized spacial score (nSPS) is 16.0. The summed E-state index contributed by atoms with van der Waals surface area (Å²) in [6, 6.07) is 12.0. The third-order valence-corrected chi connectivity index (χ3v) is 7.04. The lowest BCUT2D eigenvalue weighted by Gasteiger charge is -2.22. The van der Waals surface area contributed by atoms with E-state index in [9.17, 15) is 18.5 Å². The third kappa shape index (κ3) is 4.18. The van der Waals surface area contributed by atoms with Crippen molar-refractivity contribution in [3.8, 4) is 5.75 Å². The first-order valence-electron chi connectivity index (χ1n) is 9.40. The minimum atomic E-state index is -3.47. The minimum Gasteiger partial charge on any atom is -0.493 e. The summed E-state index contributed by atoms with van der Waals surface area (Å²) >= 11 is 0. The van der Waals surface area contributed by atoms with Gasteiger partial charge in [-0.25, -0.2) is 8.42 Å². The van der Waals surface area contributed by atoms with E-state index < -0.39 is 14.9 Å². The first-order valence-corrected chi connectivity index (χ1v) is 11.0. The molecule has 1 saturated carbocycles. The summed E-state index contributed by atoms with van der Waals surface area (Å²) in [4.78, 5) is 10.5. The van der Waals surface area contributed by atoms with Gasteiger partial charge in [-0.2, -0.15) is 4.31 Å². The van der Waals surface area contributed by atoms with Gasteiger partial charge in [0.15, 0.2) is 0 Å². The average molecular weight is 402 g/mol. The zero-order chi connectivity index (χ0) is 19.7. The van der Waals surface area contributed by atoms with Crippen molar-refractivity contribution >= 4 is 15.7 Å². The Hall–Kier alpha value is -2.45. The largest absolute Gasteiger partial charge is 0.493 e. The second kappa shape index (κ2) is 7.52. The van der Waals surface area contributed by atoms with Crippen molar-refractivity contribution in [2.24, 2.45) is 0 Å². The summed E-state index contributed by atoms with van der Waals surface area (Å²) in [5.74, 6) is 0.912. The molecule has 0 radical (unpaired) electrons. The highest BCUT2D eigenvalue weighted by atomic mass is 32.2. The van der Waals surface area contributed by atoms with Gasteiger partial charge in [-0.1, -0.05) is 24.3 Å². The second-order valence-electron chi connectivity index (χ2n) is 7.31. The molecule has 0 bridgehead atoms. The van der Waals surface area contributed by atoms with E-state index in [0.29, 0.717) is 18.6 Å². The molecule has 2 aliphatic rings. The number of nitro benzene ring substituents is 1. The van der Waals surface area contributed by atoms with E-state index in [2.05, 4.69) is 0 Å². The van der Waals surface area contributed by atoms with E-state index in [4.69, 9.17) is 4.74 Å². The Kier molecular flexibility index (Phi) is 5.07. The summed E-state index contributed by atoms with van der Waals surface area (Å²) in [6.45, 7) is 0.850. The molecule has 8 heteroatoms. The van der Waals surface area contributed by atoms with Gasteiger partial charge in [0, 0.05) is 31.1 Å². The maximum atomic E-state index is 13.0. The molecule has 28 heavy (non-hydrogen) atoms. The summed E-state index contributed by atoms with van der Waals surface area (Å²) in [6.07, 6.45) is 2.97. The SMILES string of the molecule is O=[N+]([O-])c1cccc(CN(C2CC2)S(=O)(=O)CCc2ccc3c(c2)CCO3)c1. The lowest BCUT2D eigenvalue weighted by atomic mass is 10.1. The highest BCUT2D eigenvalue weighted by Crippen LogP contribution is 2.32. The number of non-ortho nitro benzene ring substituents is 1. The first-order chi connectivity index (χ1) is 13.4. The number of aryl methyl sites for hydroxylation is 1. The molecule has 0 saturated heterocycles. The van der Waals surface area contributed by atoms with E-state index in [1.165, 1.54) is 16.4 Å². The van der Waals surface area contributed by atoms with Gasteiger partial charge in [-0.15, -0.1) is 0 Å². The predicted molar refractivity (Wildman–Crippen MR) is 105 cm³/mol. The Labute approximate surface area is 164 Å². The molecule has 1 aliphatic carbocycles. The molecule has 0 unspecified atom stereocenters. The van der Waals surface area contributed by atoms with Crippen LogP contribution in [0.5, 0.6) is 5.75 Å². The molecule has 0 spiro atoms. The topological polar surface area (TPSA) is 89.8 Å². The van der Waals surface area contributed by atoms with E-state index in [-0.39, 0.29) is 24.0 Å². The monoisotopic (exact) mass is 402 g/mol. The van der Waals surface area contributed by atoms with Crippen LogP contribution in [0, 0.1) is 10.1 Å². The van der Waals surface area contributed by atoms with Crippen LogP contribution in [0.15, 0.2) is 42.5 Å². The van der Waals surface area contributed by atoms with Crippen LogP contribution < -0.4 is 4.74 Å². The standard InChI is InChI=1S/C20H22N2O5S/c23-22(24)19-3-1-2-16(13-19)14-21(18-5-6-18)28(25,26)11-9-15-4-7-20-17(12-15)8-10-27-20/h1-4,7,12-13,18H,5-6,8-11,14H2. The number of nitro groups is 1. The van der Waals surface area contributed by atoms with Crippen molar-refractivity contribution in [2.45, 2.75) is 38.3 Å². The van der Waals surface area contributed by atoms with Crippen LogP contribution in [0.1, 0.15) is 29.5 Å². The van der Waals surface area contributed by atoms with Crippen molar-refractivity contribution in [3.63, 3.8) is 0 Å². The molecule has 1 fully saturated rings. The molecule has 0 amide bonds. The van der Waals surface area contributed by atoms with E-state index in [0.717, 1.165) is 36.1 Å². The van der Waals surface area contributed by atoms with Gasteiger partial charge in [0.2, 0.25) is 10.0 Å². The number of hydrogen-bond acceptors (Lipinski definition) is 5. The molecule has 1 heterocycles. The maximum Gasteiger partial charge on any atom is 0.269 e. The Morgan fingerprint density at radius 2 is 1.96 bits per heavy atom. The molecular formula is C20H22N2O5S. The van der Waals surface area contributed by atoms with Crippen molar-refractivity contribution in [2.75, 3.05) is 12.4 Å². The molecule has 2 aromatic carbocycles. The maximum absolute atomic E-state index is 13.0. The van der Waals surface area contributed by atoms with Crippen LogP contribution in [-0.2, 0) is 29.4 Å². The smallest absolute Gasteiger partial charge is 0.269 e. The molecular weight excluding hydrogens is 380 g/mol. The quantitative estimate of drug-likeness (QED) is 0.500. The molecule has 0 N–H and O–H groups in total. The number of ether oxygens (including phenoxy) is 1. The zero-order valence-electron chi connectivity index (χ0n) is 15.4. The first kappa shape index (κ1) is 18.9. The molecule has 0 aromatic heterocycles. The van der Waals surface area contributed by atoms with Crippen molar-refractivity contribution in [1.82, 2.24) is 4.31 Å². The number of benzene rings is 2. The van der Waals surface area contributed by atoms with Crippen LogP contribution in [-0.4, -0.2) is 36.0 Å². The summed E-state index contributed by atoms with van der Waals surface area (Å²) in [5.41, 5.74) is 2.73. The second-order valence-corrected chi connectivity index (χ2v) is 9.35. The van der Waals surface area contributed by atoms with Gasteiger partial charge in [-0.3, -0.25) is 10.1 Å². The van der Waals surface area contributed by atoms with Crippen molar-refractivity contribution in [3.05, 3.63) is 69.3 Å². The molecule has 7 nitrogen and oxygen atoms in total. The van der Waals surface area contributed by atoms with Gasteiger partial charge in [0.25, 0.3) is 5.69 Å². The number of fused-ring (bicyclic) bond motifs is 1. The van der Waals surface area contributed by atoms with Crippen LogP contribution in [0.25, 0.3) is 0 Å². The fraction of sp³-hybridized carbons (Fsp3) is 0.400. The van der Waals surface area contributed by atoms with E-state index in [1.807, 2.05) is 18.2 Å². The Morgan fingerprint density at radius 3 is 2.71 bits per heavy atom. The van der Waals surface area contributed by atoms with Gasteiger partial charge in [0.05, 0.1) is 17.3 Å². The van der Waals surface area contributed by atoms with Gasteiger partial charge in [0.1, 0.15) is 5.75 Å². The predicted octanol–water partition coefficient (Wildman–Crippen LogP) is 3.07. The van der Waals surface area contributed by atoms with E-state index >= 15 is 0 Å². The van der Waals surface area contributed by atoms with Crippen LogP contribution in [0.2, 0.25) is 0 Å². The Morgan fingerprint density at radius 1 is 1.14 bits per heavy atom. The van der Waals surface area contributed by atoms with Crippen molar-refractivity contribution < 1.29 is 18.1 Å². The lowest BCUT2D eigenvalue weighted by Crippen LogP contribution is -2.35. The average Bonchev–Trinajstić information content (AvgIpc) is 3.41. The van der Waals surface area contributed by atoms with Crippen LogP contribution in [0.4, 0.5) is 5.69 Å². The van der Waals surface area contributed by atoms with Gasteiger partial charge in [-0.05, 0) is 42.0 Å². The van der Waals surface area contributed by atoms with Crippen LogP contribution >= 0.6 is 0 Å². The molecule has 1 aliphatic heterocycles. The summed E-state index contributed by atoms with van der Waals surface area (Å²) < 4.78 is 33.0. The lowest BCUT2D eigenvalue weighted by molar-refractivity contribution is -0.384. The van der Waals surface area contributed by atoms with E-state index in [1.54, 1.807) is 12.1 Å². The number of sulfonamides is 1. The number of nitrogens with zero attached hydrogens (tertiary/aromatic N) is 2. The summed E-state index contributed by atoms with van der Waals surface area (Å²) in [5, 5.41) is 11.0.